The molecule has 1 aromatic heterocycles. The van der Waals surface area contributed by atoms with Crippen LogP contribution in [0, 0.1) is 23.5 Å². The van der Waals surface area contributed by atoms with Gasteiger partial charge in [-0.3, -0.25) is 4.68 Å². The van der Waals surface area contributed by atoms with Crippen molar-refractivity contribution in [2.45, 2.75) is 37.4 Å². The van der Waals surface area contributed by atoms with Crippen molar-refractivity contribution in [3.05, 3.63) is 65.2 Å². The Bertz CT molecular complexity index is 1540. The van der Waals surface area contributed by atoms with E-state index in [1.807, 2.05) is 18.2 Å². The third kappa shape index (κ3) is 4.22. The van der Waals surface area contributed by atoms with Crippen molar-refractivity contribution in [1.29, 1.82) is 0 Å². The van der Waals surface area contributed by atoms with E-state index in [1.165, 1.54) is 16.8 Å². The summed E-state index contributed by atoms with van der Waals surface area (Å²) in [5, 5.41) is 4.53. The highest BCUT2D eigenvalue weighted by Crippen LogP contribution is 2.51. The largest absolute Gasteiger partial charge is 0.402 e. The Kier molecular flexibility index (Phi) is 5.75. The Morgan fingerprint density at radius 1 is 1.03 bits per heavy atom. The number of halogens is 5. The maximum absolute atomic E-state index is 14.4. The van der Waals surface area contributed by atoms with Crippen LogP contribution in [0.3, 0.4) is 0 Å². The summed E-state index contributed by atoms with van der Waals surface area (Å²) >= 11 is 0. The van der Waals surface area contributed by atoms with Gasteiger partial charge in [0.2, 0.25) is 0 Å². The Hall–Kier alpha value is -2.83. The number of nitrogens with one attached hydrogen (secondary N) is 1. The molecule has 2 bridgehead atoms. The molecule has 202 valence electrons. The highest BCUT2D eigenvalue weighted by atomic mass is 32.2. The maximum atomic E-state index is 14.4. The zero-order chi connectivity index (χ0) is 27.0. The van der Waals surface area contributed by atoms with Gasteiger partial charge >= 0.3 is 6.18 Å². The maximum Gasteiger partial charge on any atom is 0.402 e. The van der Waals surface area contributed by atoms with E-state index < -0.39 is 40.1 Å². The molecule has 2 heterocycles. The van der Waals surface area contributed by atoms with Crippen LogP contribution in [0.2, 0.25) is 0 Å². The molecule has 1 saturated heterocycles. The van der Waals surface area contributed by atoms with E-state index in [0.717, 1.165) is 29.2 Å². The molecule has 1 aliphatic heterocycles. The van der Waals surface area contributed by atoms with Crippen LogP contribution < -0.4 is 4.72 Å². The van der Waals surface area contributed by atoms with Crippen LogP contribution in [0.25, 0.3) is 22.5 Å². The molecule has 0 unspecified atom stereocenters. The Morgan fingerprint density at radius 2 is 1.74 bits per heavy atom. The fourth-order valence-corrected chi connectivity index (χ4v) is 8.27. The second kappa shape index (κ2) is 8.59. The summed E-state index contributed by atoms with van der Waals surface area (Å²) in [5.74, 6) is -1.63. The molecule has 3 aromatic rings. The monoisotopic (exact) mass is 552 g/mol. The minimum atomic E-state index is -4.62. The molecule has 2 aliphatic carbocycles. The lowest BCUT2D eigenvalue weighted by molar-refractivity contribution is -0.136. The third-order valence-corrected chi connectivity index (χ3v) is 9.87. The number of nitrogens with zero attached hydrogens (tertiary/aromatic N) is 3. The van der Waals surface area contributed by atoms with Crippen molar-refractivity contribution in [3.63, 3.8) is 0 Å². The number of hydrogen-bond acceptors (Lipinski definition) is 3. The second-order valence-corrected chi connectivity index (χ2v) is 12.2. The molecule has 3 aliphatic rings. The molecule has 0 amide bonds. The van der Waals surface area contributed by atoms with Crippen LogP contribution in [-0.4, -0.2) is 47.3 Å². The van der Waals surface area contributed by atoms with Crippen LogP contribution in [-0.2, 0) is 30.1 Å². The fourth-order valence-electron chi connectivity index (χ4n) is 6.56. The molecule has 12 heteroatoms. The van der Waals surface area contributed by atoms with Gasteiger partial charge in [-0.15, -0.1) is 0 Å². The van der Waals surface area contributed by atoms with E-state index in [4.69, 9.17) is 0 Å². The van der Waals surface area contributed by atoms with Crippen molar-refractivity contribution in [3.8, 4) is 22.5 Å². The molecule has 1 saturated carbocycles. The molecule has 3 atom stereocenters. The molecule has 6 rings (SSSR count). The number of rotatable bonds is 3. The third-order valence-electron chi connectivity index (χ3n) is 8.29. The molecule has 38 heavy (non-hydrogen) atoms. The topological polar surface area (TPSA) is 67.2 Å². The summed E-state index contributed by atoms with van der Waals surface area (Å²) < 4.78 is 97.3. The molecule has 2 aromatic carbocycles. The average molecular weight is 553 g/mol. The molecular weight excluding hydrogens is 527 g/mol. The fraction of sp³-hybridized carbons (Fsp3) is 0.423. The van der Waals surface area contributed by atoms with E-state index in [0.29, 0.717) is 35.0 Å². The lowest BCUT2D eigenvalue weighted by Gasteiger charge is -2.33. The van der Waals surface area contributed by atoms with Crippen molar-refractivity contribution in [2.24, 2.45) is 18.9 Å². The van der Waals surface area contributed by atoms with Gasteiger partial charge in [-0.25, -0.2) is 8.78 Å². The molecule has 1 spiro atoms. The quantitative estimate of drug-likeness (QED) is 0.483. The summed E-state index contributed by atoms with van der Waals surface area (Å²) in [4.78, 5) is 0. The standard InChI is InChI=1S/C26H25F5N4O2S/c1-34-24(21-7-6-20(27)11-22(21)28)12-23(32-34)16-3-2-15-9-18-4-5-19(10-17(15)8-16)25(18)13-35(14-26(29,30)31)38(36,37)33-25/h2-3,6-8,11-12,18-19,33H,4-5,9-10,13-14H2,1H3/t18-,19+,25-/m1/s1. The average Bonchev–Trinajstić information content (AvgIpc) is 3.38. The van der Waals surface area contributed by atoms with E-state index in [1.54, 1.807) is 13.1 Å². The van der Waals surface area contributed by atoms with Gasteiger partial charge in [0.15, 0.2) is 0 Å². The normalized spacial score (nSPS) is 26.6. The van der Waals surface area contributed by atoms with E-state index in [-0.39, 0.29) is 23.9 Å². The first kappa shape index (κ1) is 25.4. The first-order valence-corrected chi connectivity index (χ1v) is 13.8. The predicted octanol–water partition coefficient (Wildman–Crippen LogP) is 4.61. The molecule has 0 radical (unpaired) electrons. The molecule has 1 N–H and O–H groups in total. The summed E-state index contributed by atoms with van der Waals surface area (Å²) in [7, 11) is -2.57. The SMILES string of the molecule is Cn1nc(-c2ccc3c(c2)C[C@@H]2CC[C@H](C3)[C@]23CN(CC(F)(F)F)S(=O)(=O)N3)cc1-c1ccc(F)cc1F. The first-order valence-electron chi connectivity index (χ1n) is 12.3. The number of benzene rings is 2. The van der Waals surface area contributed by atoms with E-state index in [9.17, 15) is 30.4 Å². The molecule has 6 nitrogen and oxygen atoms in total. The summed E-state index contributed by atoms with van der Waals surface area (Å²) in [6, 6.07) is 10.9. The highest BCUT2D eigenvalue weighted by molar-refractivity contribution is 7.87. The van der Waals surface area contributed by atoms with Crippen molar-refractivity contribution >= 4 is 10.2 Å². The molecular formula is C26H25F5N4O2S. The van der Waals surface area contributed by atoms with Gasteiger partial charge in [-0.1, -0.05) is 12.1 Å². The van der Waals surface area contributed by atoms with Crippen LogP contribution in [0.5, 0.6) is 0 Å². The van der Waals surface area contributed by atoms with Crippen molar-refractivity contribution in [1.82, 2.24) is 18.8 Å². The Morgan fingerprint density at radius 3 is 2.42 bits per heavy atom. The van der Waals surface area contributed by atoms with Crippen molar-refractivity contribution < 1.29 is 30.4 Å². The van der Waals surface area contributed by atoms with Crippen molar-refractivity contribution in [2.75, 3.05) is 13.1 Å². The Balaban J connectivity index is 1.32. The van der Waals surface area contributed by atoms with Gasteiger partial charge in [0.05, 0.1) is 16.9 Å². The van der Waals surface area contributed by atoms with Gasteiger partial charge in [0.25, 0.3) is 10.2 Å². The second-order valence-electron chi connectivity index (χ2n) is 10.6. The number of alkyl halides is 3. The van der Waals surface area contributed by atoms with Gasteiger partial charge in [0, 0.05) is 30.8 Å². The van der Waals surface area contributed by atoms with Crippen LogP contribution in [0.1, 0.15) is 24.0 Å². The summed E-state index contributed by atoms with van der Waals surface area (Å²) in [6.45, 7) is -1.70. The van der Waals surface area contributed by atoms with Gasteiger partial charge in [-0.05, 0) is 72.9 Å². The van der Waals surface area contributed by atoms with Crippen LogP contribution in [0.4, 0.5) is 22.0 Å². The number of aromatic nitrogens is 2. The zero-order valence-corrected chi connectivity index (χ0v) is 21.2. The number of fused-ring (bicyclic) bond motifs is 1. The van der Waals surface area contributed by atoms with Gasteiger partial charge < -0.3 is 0 Å². The minimum Gasteiger partial charge on any atom is -0.267 e. The predicted molar refractivity (Wildman–Crippen MR) is 130 cm³/mol. The number of aryl methyl sites for hydroxylation is 1. The lowest BCUT2D eigenvalue weighted by atomic mass is 9.79. The van der Waals surface area contributed by atoms with Crippen LogP contribution >= 0.6 is 0 Å². The minimum absolute atomic E-state index is 0.115. The lowest BCUT2D eigenvalue weighted by Crippen LogP contribution is -2.52. The number of hydrogen-bond donors (Lipinski definition) is 1. The Labute approximate surface area is 216 Å². The van der Waals surface area contributed by atoms with Gasteiger partial charge in [0.1, 0.15) is 18.2 Å². The first-order chi connectivity index (χ1) is 17.8. The zero-order valence-electron chi connectivity index (χ0n) is 20.4. The van der Waals surface area contributed by atoms with Crippen LogP contribution in [0.15, 0.2) is 42.5 Å². The smallest absolute Gasteiger partial charge is 0.267 e. The van der Waals surface area contributed by atoms with Gasteiger partial charge in [-0.2, -0.15) is 35.7 Å². The molecule has 2 fully saturated rings. The highest BCUT2D eigenvalue weighted by Gasteiger charge is 2.60. The summed E-state index contributed by atoms with van der Waals surface area (Å²) in [6.07, 6.45) is -2.09. The summed E-state index contributed by atoms with van der Waals surface area (Å²) in [5.41, 5.74) is 3.18. The van der Waals surface area contributed by atoms with E-state index >= 15 is 0 Å². The van der Waals surface area contributed by atoms with E-state index in [2.05, 4.69) is 9.82 Å².